The van der Waals surface area contributed by atoms with Crippen LogP contribution in [0.5, 0.6) is 0 Å². The fourth-order valence-electron chi connectivity index (χ4n) is 3.23. The lowest BCUT2D eigenvalue weighted by Crippen LogP contribution is -2.22. The van der Waals surface area contributed by atoms with Crippen LogP contribution in [0.15, 0.2) is 61.2 Å². The Bertz CT molecular complexity index is 1150. The molecule has 0 aliphatic carbocycles. The van der Waals surface area contributed by atoms with Crippen LogP contribution >= 0.6 is 22.9 Å². The SMILES string of the molecule is C[Si](C)(C)CCOCn1cnc(-c2sc(-c3ccncc3)cc2Cc2ccc(Cl)cc2)n1. The molecular formula is C24H27ClN4OSSi. The summed E-state index contributed by atoms with van der Waals surface area (Å²) < 4.78 is 7.61. The summed E-state index contributed by atoms with van der Waals surface area (Å²) >= 11 is 7.78. The molecule has 0 radical (unpaired) electrons. The zero-order valence-corrected chi connectivity index (χ0v) is 21.2. The van der Waals surface area contributed by atoms with Gasteiger partial charge in [0, 0.05) is 37.0 Å². The molecule has 8 heteroatoms. The Morgan fingerprint density at radius 2 is 1.81 bits per heavy atom. The predicted octanol–water partition coefficient (Wildman–Crippen LogP) is 6.63. The van der Waals surface area contributed by atoms with Crippen LogP contribution in [0.4, 0.5) is 0 Å². The molecule has 1 aromatic carbocycles. The van der Waals surface area contributed by atoms with E-state index in [1.165, 1.54) is 16.0 Å². The maximum Gasteiger partial charge on any atom is 0.191 e. The van der Waals surface area contributed by atoms with Crippen molar-refractivity contribution >= 4 is 31.0 Å². The van der Waals surface area contributed by atoms with Crippen LogP contribution < -0.4 is 0 Å². The smallest absolute Gasteiger partial charge is 0.191 e. The molecule has 0 amide bonds. The number of thiophene rings is 1. The summed E-state index contributed by atoms with van der Waals surface area (Å²) in [5.41, 5.74) is 3.54. The summed E-state index contributed by atoms with van der Waals surface area (Å²) in [4.78, 5) is 11.0. The molecule has 0 bridgehead atoms. The molecule has 4 aromatic rings. The molecule has 0 aliphatic heterocycles. The van der Waals surface area contributed by atoms with Crippen molar-refractivity contribution in [3.05, 3.63) is 77.3 Å². The minimum Gasteiger partial charge on any atom is -0.359 e. The average molecular weight is 483 g/mol. The van der Waals surface area contributed by atoms with E-state index in [0.29, 0.717) is 6.73 Å². The normalized spacial score (nSPS) is 11.8. The number of halogens is 1. The summed E-state index contributed by atoms with van der Waals surface area (Å²) in [7, 11) is -1.10. The molecule has 32 heavy (non-hydrogen) atoms. The molecule has 0 saturated carbocycles. The van der Waals surface area contributed by atoms with Gasteiger partial charge in [-0.2, -0.15) is 0 Å². The summed E-state index contributed by atoms with van der Waals surface area (Å²) in [5.74, 6) is 0.730. The number of aromatic nitrogens is 4. The van der Waals surface area contributed by atoms with Gasteiger partial charge in [-0.3, -0.25) is 4.98 Å². The third-order valence-electron chi connectivity index (χ3n) is 5.04. The molecule has 0 spiro atoms. The van der Waals surface area contributed by atoms with E-state index < -0.39 is 8.07 Å². The number of ether oxygens (including phenoxy) is 1. The monoisotopic (exact) mass is 482 g/mol. The predicted molar refractivity (Wildman–Crippen MR) is 135 cm³/mol. The van der Waals surface area contributed by atoms with Crippen molar-refractivity contribution in [2.45, 2.75) is 38.8 Å². The van der Waals surface area contributed by atoms with E-state index >= 15 is 0 Å². The molecule has 0 aliphatic rings. The van der Waals surface area contributed by atoms with Crippen molar-refractivity contribution < 1.29 is 4.74 Å². The van der Waals surface area contributed by atoms with Crippen LogP contribution in [-0.4, -0.2) is 34.4 Å². The molecule has 5 nitrogen and oxygen atoms in total. The lowest BCUT2D eigenvalue weighted by Gasteiger charge is -2.15. The zero-order chi connectivity index (χ0) is 22.6. The molecule has 0 fully saturated rings. The van der Waals surface area contributed by atoms with Crippen molar-refractivity contribution in [2.75, 3.05) is 6.61 Å². The van der Waals surface area contributed by atoms with Crippen molar-refractivity contribution in [3.63, 3.8) is 0 Å². The molecule has 4 rings (SSSR count). The van der Waals surface area contributed by atoms with E-state index in [-0.39, 0.29) is 0 Å². The second kappa shape index (κ2) is 10.1. The minimum absolute atomic E-state index is 0.423. The first-order valence-electron chi connectivity index (χ1n) is 10.6. The zero-order valence-electron chi connectivity index (χ0n) is 18.6. The van der Waals surface area contributed by atoms with Gasteiger partial charge in [0.1, 0.15) is 13.1 Å². The molecule has 166 valence electrons. The van der Waals surface area contributed by atoms with Crippen molar-refractivity contribution in [1.82, 2.24) is 19.7 Å². The highest BCUT2D eigenvalue weighted by Gasteiger charge is 2.17. The van der Waals surface area contributed by atoms with E-state index in [1.807, 2.05) is 36.7 Å². The van der Waals surface area contributed by atoms with Crippen LogP contribution in [0, 0.1) is 0 Å². The average Bonchev–Trinajstić information content (AvgIpc) is 3.40. The largest absolute Gasteiger partial charge is 0.359 e. The second-order valence-corrected chi connectivity index (χ2v) is 16.1. The first-order chi connectivity index (χ1) is 15.4. The number of rotatable bonds is 9. The van der Waals surface area contributed by atoms with Crippen LogP contribution in [0.2, 0.25) is 30.7 Å². The van der Waals surface area contributed by atoms with Gasteiger partial charge in [0.15, 0.2) is 5.82 Å². The van der Waals surface area contributed by atoms with Crippen LogP contribution in [0.25, 0.3) is 21.1 Å². The van der Waals surface area contributed by atoms with E-state index in [2.05, 4.69) is 47.8 Å². The standard InChI is InChI=1S/C24H27ClN4OSSi/c1-32(2,3)13-12-30-17-29-16-27-24(28-29)23-20(14-18-4-6-21(25)7-5-18)15-22(31-23)19-8-10-26-11-9-19/h4-11,15-16H,12-14,17H2,1-3H3. The van der Waals surface area contributed by atoms with Crippen molar-refractivity contribution in [3.8, 4) is 21.1 Å². The van der Waals surface area contributed by atoms with Gasteiger partial charge >= 0.3 is 0 Å². The molecule has 0 atom stereocenters. The van der Waals surface area contributed by atoms with E-state index in [1.54, 1.807) is 22.3 Å². The number of hydrogen-bond acceptors (Lipinski definition) is 5. The Labute approximate surface area is 199 Å². The van der Waals surface area contributed by atoms with E-state index in [9.17, 15) is 0 Å². The third kappa shape index (κ3) is 6.13. The molecule has 3 aromatic heterocycles. The molecule has 0 N–H and O–H groups in total. The number of hydrogen-bond donors (Lipinski definition) is 0. The number of benzene rings is 1. The second-order valence-electron chi connectivity index (χ2n) is 8.96. The lowest BCUT2D eigenvalue weighted by atomic mass is 10.0. The van der Waals surface area contributed by atoms with Gasteiger partial charge < -0.3 is 4.74 Å². The number of pyridine rings is 1. The van der Waals surface area contributed by atoms with Gasteiger partial charge in [0.25, 0.3) is 0 Å². The Kier molecular flexibility index (Phi) is 7.20. The first-order valence-corrected chi connectivity index (χ1v) is 15.5. The maximum atomic E-state index is 6.07. The van der Waals surface area contributed by atoms with Crippen LogP contribution in [0.3, 0.4) is 0 Å². The Hall–Kier alpha value is -2.32. The van der Waals surface area contributed by atoms with E-state index in [0.717, 1.165) is 40.4 Å². The summed E-state index contributed by atoms with van der Waals surface area (Å²) in [6.07, 6.45) is 6.17. The topological polar surface area (TPSA) is 52.8 Å². The Morgan fingerprint density at radius 1 is 1.06 bits per heavy atom. The van der Waals surface area contributed by atoms with Gasteiger partial charge in [-0.25, -0.2) is 9.67 Å². The van der Waals surface area contributed by atoms with Crippen molar-refractivity contribution in [2.24, 2.45) is 0 Å². The Balaban J connectivity index is 1.57. The lowest BCUT2D eigenvalue weighted by molar-refractivity contribution is 0.0785. The molecule has 0 unspecified atom stereocenters. The maximum absolute atomic E-state index is 6.07. The quantitative estimate of drug-likeness (QED) is 0.198. The first kappa shape index (κ1) is 22.9. The highest BCUT2D eigenvalue weighted by molar-refractivity contribution is 7.19. The summed E-state index contributed by atoms with van der Waals surface area (Å²) in [6.45, 7) is 8.24. The highest BCUT2D eigenvalue weighted by atomic mass is 35.5. The highest BCUT2D eigenvalue weighted by Crippen LogP contribution is 2.37. The van der Waals surface area contributed by atoms with Crippen LogP contribution in [-0.2, 0) is 17.9 Å². The summed E-state index contributed by atoms with van der Waals surface area (Å²) in [5, 5.41) is 5.45. The fraction of sp³-hybridized carbons (Fsp3) is 0.292. The van der Waals surface area contributed by atoms with Gasteiger partial charge in [-0.15, -0.1) is 16.4 Å². The summed E-state index contributed by atoms with van der Waals surface area (Å²) in [6, 6.07) is 15.4. The Morgan fingerprint density at radius 3 is 2.53 bits per heavy atom. The molecule has 3 heterocycles. The van der Waals surface area contributed by atoms with Gasteiger partial charge in [0.05, 0.1) is 4.88 Å². The van der Waals surface area contributed by atoms with Gasteiger partial charge in [-0.05, 0) is 59.5 Å². The van der Waals surface area contributed by atoms with Crippen LogP contribution in [0.1, 0.15) is 11.1 Å². The molecule has 0 saturated heterocycles. The minimum atomic E-state index is -1.10. The fourth-order valence-corrected chi connectivity index (χ4v) is 5.23. The van der Waals surface area contributed by atoms with Gasteiger partial charge in [-0.1, -0.05) is 43.4 Å². The third-order valence-corrected chi connectivity index (χ3v) is 8.22. The van der Waals surface area contributed by atoms with Gasteiger partial charge in [0.2, 0.25) is 0 Å². The van der Waals surface area contributed by atoms with Crippen molar-refractivity contribution in [1.29, 1.82) is 0 Å². The van der Waals surface area contributed by atoms with E-state index in [4.69, 9.17) is 21.4 Å². The number of nitrogens with zero attached hydrogens (tertiary/aromatic N) is 4. The molecular weight excluding hydrogens is 456 g/mol.